The SMILES string of the molecule is COc1cccc(CN2CCC[C@H]([C@H](NC(=O)c3ccccn3)c3nccs3)C2)c1. The molecule has 6 nitrogen and oxygen atoms in total. The Bertz CT molecular complexity index is 949. The first-order chi connectivity index (χ1) is 14.7. The summed E-state index contributed by atoms with van der Waals surface area (Å²) in [5.74, 6) is 1.02. The first-order valence-electron chi connectivity index (χ1n) is 10.2. The maximum atomic E-state index is 12.8. The van der Waals surface area contributed by atoms with Crippen LogP contribution < -0.4 is 10.1 Å². The molecule has 1 amide bonds. The number of pyridine rings is 1. The Labute approximate surface area is 180 Å². The Balaban J connectivity index is 1.48. The van der Waals surface area contributed by atoms with E-state index in [0.29, 0.717) is 11.6 Å². The summed E-state index contributed by atoms with van der Waals surface area (Å²) >= 11 is 1.59. The van der Waals surface area contributed by atoms with Gasteiger partial charge in [0.2, 0.25) is 0 Å². The maximum absolute atomic E-state index is 12.8. The molecular weight excluding hydrogens is 396 g/mol. The number of benzene rings is 1. The number of amides is 1. The topological polar surface area (TPSA) is 67.3 Å². The molecule has 1 saturated heterocycles. The molecule has 30 heavy (non-hydrogen) atoms. The van der Waals surface area contributed by atoms with Gasteiger partial charge in [0.25, 0.3) is 5.91 Å². The minimum absolute atomic E-state index is 0.118. The third kappa shape index (κ3) is 5.04. The van der Waals surface area contributed by atoms with Gasteiger partial charge >= 0.3 is 0 Å². The van der Waals surface area contributed by atoms with Gasteiger partial charge in [0.05, 0.1) is 13.2 Å². The maximum Gasteiger partial charge on any atom is 0.270 e. The molecule has 1 aliphatic rings. The molecule has 0 bridgehead atoms. The molecule has 1 aromatic carbocycles. The number of carbonyl (C=O) groups is 1. The van der Waals surface area contributed by atoms with Gasteiger partial charge in [-0.05, 0) is 55.1 Å². The lowest BCUT2D eigenvalue weighted by atomic mass is 9.90. The van der Waals surface area contributed by atoms with Crippen LogP contribution >= 0.6 is 11.3 Å². The monoisotopic (exact) mass is 422 g/mol. The Kier molecular flexibility index (Phi) is 6.71. The van der Waals surface area contributed by atoms with Crippen LogP contribution in [0.4, 0.5) is 0 Å². The highest BCUT2D eigenvalue weighted by atomic mass is 32.1. The Morgan fingerprint density at radius 2 is 2.20 bits per heavy atom. The largest absolute Gasteiger partial charge is 0.497 e. The van der Waals surface area contributed by atoms with Crippen molar-refractivity contribution in [3.63, 3.8) is 0 Å². The van der Waals surface area contributed by atoms with Crippen molar-refractivity contribution in [3.8, 4) is 5.75 Å². The number of methoxy groups -OCH3 is 1. The Morgan fingerprint density at radius 3 is 2.97 bits per heavy atom. The number of rotatable bonds is 7. The summed E-state index contributed by atoms with van der Waals surface area (Å²) in [6, 6.07) is 13.5. The van der Waals surface area contributed by atoms with Gasteiger partial charge in [-0.25, -0.2) is 4.98 Å². The number of ether oxygens (including phenoxy) is 1. The highest BCUT2D eigenvalue weighted by molar-refractivity contribution is 7.09. The van der Waals surface area contributed by atoms with Crippen LogP contribution in [0.5, 0.6) is 5.75 Å². The van der Waals surface area contributed by atoms with Crippen LogP contribution in [0.1, 0.15) is 39.9 Å². The highest BCUT2D eigenvalue weighted by Gasteiger charge is 2.31. The van der Waals surface area contributed by atoms with Crippen molar-refractivity contribution < 1.29 is 9.53 Å². The van der Waals surface area contributed by atoms with Crippen LogP contribution in [-0.2, 0) is 6.54 Å². The third-order valence-electron chi connectivity index (χ3n) is 5.46. The van der Waals surface area contributed by atoms with Crippen LogP contribution in [-0.4, -0.2) is 41.0 Å². The summed E-state index contributed by atoms with van der Waals surface area (Å²) in [6.45, 7) is 2.82. The zero-order chi connectivity index (χ0) is 20.8. The fourth-order valence-corrected chi connectivity index (χ4v) is 4.80. The molecule has 1 N–H and O–H groups in total. The van der Waals surface area contributed by atoms with Crippen molar-refractivity contribution in [3.05, 3.63) is 76.5 Å². The molecule has 1 fully saturated rings. The molecule has 0 saturated carbocycles. The van der Waals surface area contributed by atoms with Crippen molar-refractivity contribution in [1.82, 2.24) is 20.2 Å². The number of piperidine rings is 1. The molecule has 0 unspecified atom stereocenters. The quantitative estimate of drug-likeness (QED) is 0.625. The predicted octanol–water partition coefficient (Wildman–Crippen LogP) is 3.93. The molecule has 3 heterocycles. The van der Waals surface area contributed by atoms with E-state index in [4.69, 9.17) is 4.74 Å². The number of thiazole rings is 1. The molecule has 7 heteroatoms. The van der Waals surface area contributed by atoms with E-state index in [1.54, 1.807) is 36.9 Å². The van der Waals surface area contributed by atoms with Gasteiger partial charge in [-0.3, -0.25) is 14.7 Å². The first-order valence-corrected chi connectivity index (χ1v) is 11.1. The number of aromatic nitrogens is 2. The van der Waals surface area contributed by atoms with Gasteiger partial charge in [-0.2, -0.15) is 0 Å². The van der Waals surface area contributed by atoms with Crippen molar-refractivity contribution in [2.45, 2.75) is 25.4 Å². The number of hydrogen-bond donors (Lipinski definition) is 1. The Morgan fingerprint density at radius 1 is 1.27 bits per heavy atom. The smallest absolute Gasteiger partial charge is 0.270 e. The molecule has 3 aromatic rings. The highest BCUT2D eigenvalue weighted by Crippen LogP contribution is 2.32. The van der Waals surface area contributed by atoms with Gasteiger partial charge in [0.15, 0.2) is 0 Å². The lowest BCUT2D eigenvalue weighted by Gasteiger charge is -2.36. The molecular formula is C23H26N4O2S. The zero-order valence-corrected chi connectivity index (χ0v) is 17.8. The van der Waals surface area contributed by atoms with E-state index in [1.807, 2.05) is 29.6 Å². The summed E-state index contributed by atoms with van der Waals surface area (Å²) in [4.78, 5) is 24.0. The van der Waals surface area contributed by atoms with Crippen molar-refractivity contribution in [1.29, 1.82) is 0 Å². The summed E-state index contributed by atoms with van der Waals surface area (Å²) in [6.07, 6.45) is 5.60. The van der Waals surface area contributed by atoms with Gasteiger partial charge in [0, 0.05) is 30.9 Å². The van der Waals surface area contributed by atoms with Crippen LogP contribution in [0, 0.1) is 5.92 Å². The second kappa shape index (κ2) is 9.82. The van der Waals surface area contributed by atoms with Gasteiger partial charge in [-0.15, -0.1) is 11.3 Å². The number of nitrogens with zero attached hydrogens (tertiary/aromatic N) is 3. The molecule has 2 aromatic heterocycles. The van der Waals surface area contributed by atoms with Crippen molar-refractivity contribution in [2.24, 2.45) is 5.92 Å². The summed E-state index contributed by atoms with van der Waals surface area (Å²) in [5, 5.41) is 6.12. The molecule has 1 aliphatic heterocycles. The summed E-state index contributed by atoms with van der Waals surface area (Å²) < 4.78 is 5.36. The van der Waals surface area contributed by atoms with E-state index < -0.39 is 0 Å². The predicted molar refractivity (Wildman–Crippen MR) is 118 cm³/mol. The fraction of sp³-hybridized carbons (Fsp3) is 0.348. The van der Waals surface area contributed by atoms with E-state index >= 15 is 0 Å². The van der Waals surface area contributed by atoms with Gasteiger partial charge in [-0.1, -0.05) is 18.2 Å². The van der Waals surface area contributed by atoms with Crippen LogP contribution in [0.2, 0.25) is 0 Å². The molecule has 156 valence electrons. The lowest BCUT2D eigenvalue weighted by molar-refractivity contribution is 0.0873. The minimum atomic E-state index is -0.152. The first kappa shape index (κ1) is 20.5. The summed E-state index contributed by atoms with van der Waals surface area (Å²) in [7, 11) is 1.69. The van der Waals surface area contributed by atoms with E-state index in [-0.39, 0.29) is 11.9 Å². The number of likely N-dealkylation sites (tertiary alicyclic amines) is 1. The van der Waals surface area contributed by atoms with Gasteiger partial charge in [0.1, 0.15) is 16.5 Å². The van der Waals surface area contributed by atoms with Crippen LogP contribution in [0.3, 0.4) is 0 Å². The van der Waals surface area contributed by atoms with E-state index in [9.17, 15) is 4.79 Å². The number of nitrogens with one attached hydrogen (secondary N) is 1. The van der Waals surface area contributed by atoms with E-state index in [2.05, 4.69) is 32.3 Å². The van der Waals surface area contributed by atoms with Crippen LogP contribution in [0.25, 0.3) is 0 Å². The van der Waals surface area contributed by atoms with Crippen molar-refractivity contribution >= 4 is 17.2 Å². The molecule has 0 radical (unpaired) electrons. The third-order valence-corrected chi connectivity index (χ3v) is 6.31. The van der Waals surface area contributed by atoms with E-state index in [1.165, 1.54) is 5.56 Å². The van der Waals surface area contributed by atoms with Crippen molar-refractivity contribution in [2.75, 3.05) is 20.2 Å². The molecule has 2 atom stereocenters. The average molecular weight is 423 g/mol. The number of carbonyl (C=O) groups excluding carboxylic acids is 1. The molecule has 4 rings (SSSR count). The fourth-order valence-electron chi connectivity index (χ4n) is 4.02. The zero-order valence-electron chi connectivity index (χ0n) is 17.0. The standard InChI is InChI=1S/C23H26N4O2S/c1-29-19-8-4-6-17(14-19)15-27-12-5-7-18(16-27)21(23-25-11-13-30-23)26-22(28)20-9-2-3-10-24-20/h2-4,6,8-11,13-14,18,21H,5,7,12,15-16H2,1H3,(H,26,28)/t18-,21-/m0/s1. The van der Waals surface area contributed by atoms with E-state index in [0.717, 1.165) is 43.2 Å². The molecule has 0 aliphatic carbocycles. The lowest BCUT2D eigenvalue weighted by Crippen LogP contribution is -2.42. The normalized spacial score (nSPS) is 18.0. The summed E-state index contributed by atoms with van der Waals surface area (Å²) in [5.41, 5.74) is 1.67. The van der Waals surface area contributed by atoms with Gasteiger partial charge < -0.3 is 10.1 Å². The number of hydrogen-bond acceptors (Lipinski definition) is 6. The molecule has 0 spiro atoms. The second-order valence-electron chi connectivity index (χ2n) is 7.53. The van der Waals surface area contributed by atoms with Crippen LogP contribution in [0.15, 0.2) is 60.2 Å². The Hall–Kier alpha value is -2.77. The average Bonchev–Trinajstić information content (AvgIpc) is 3.33. The second-order valence-corrected chi connectivity index (χ2v) is 8.45. The minimum Gasteiger partial charge on any atom is -0.497 e.